The standard InChI is InChI=1S/C10H12ClN3O/c1-7-8(2)12-14-6-5-13(4-3-11)10(15)9(7)14/h5-6H,3-4H2,1-2H3. The lowest BCUT2D eigenvalue weighted by Gasteiger charge is -2.02. The van der Waals surface area contributed by atoms with Crippen molar-refractivity contribution in [3.63, 3.8) is 0 Å². The second kappa shape index (κ2) is 3.70. The second-order valence-electron chi connectivity index (χ2n) is 3.49. The van der Waals surface area contributed by atoms with Crippen molar-refractivity contribution in [2.75, 3.05) is 5.88 Å². The van der Waals surface area contributed by atoms with E-state index in [9.17, 15) is 4.79 Å². The predicted molar refractivity (Wildman–Crippen MR) is 59.6 cm³/mol. The monoisotopic (exact) mass is 225 g/mol. The molecule has 0 saturated carbocycles. The van der Waals surface area contributed by atoms with E-state index in [1.54, 1.807) is 21.5 Å². The van der Waals surface area contributed by atoms with Crippen LogP contribution < -0.4 is 5.56 Å². The van der Waals surface area contributed by atoms with Crippen LogP contribution in [-0.2, 0) is 6.54 Å². The maximum atomic E-state index is 12.0. The summed E-state index contributed by atoms with van der Waals surface area (Å²) in [5.74, 6) is 0.433. The molecule has 5 heteroatoms. The van der Waals surface area contributed by atoms with Gasteiger partial charge in [-0.15, -0.1) is 11.6 Å². The van der Waals surface area contributed by atoms with E-state index < -0.39 is 0 Å². The third-order valence-corrected chi connectivity index (χ3v) is 2.73. The van der Waals surface area contributed by atoms with Crippen molar-refractivity contribution >= 4 is 17.1 Å². The Morgan fingerprint density at radius 2 is 2.13 bits per heavy atom. The molecule has 0 radical (unpaired) electrons. The Morgan fingerprint density at radius 1 is 1.40 bits per heavy atom. The molecule has 0 saturated heterocycles. The largest absolute Gasteiger partial charge is 0.311 e. The van der Waals surface area contributed by atoms with E-state index in [0.717, 1.165) is 11.3 Å². The van der Waals surface area contributed by atoms with Gasteiger partial charge in [-0.3, -0.25) is 4.79 Å². The third kappa shape index (κ3) is 1.55. The fraction of sp³-hybridized carbons (Fsp3) is 0.400. The lowest BCUT2D eigenvalue weighted by molar-refractivity contribution is 0.718. The molecule has 0 atom stereocenters. The van der Waals surface area contributed by atoms with E-state index >= 15 is 0 Å². The average molecular weight is 226 g/mol. The van der Waals surface area contributed by atoms with Gasteiger partial charge in [-0.2, -0.15) is 5.10 Å². The Hall–Kier alpha value is -1.29. The zero-order valence-electron chi connectivity index (χ0n) is 8.70. The summed E-state index contributed by atoms with van der Waals surface area (Å²) in [5, 5.41) is 4.25. The molecule has 0 unspecified atom stereocenters. The Bertz CT molecular complexity index is 556. The van der Waals surface area contributed by atoms with Gasteiger partial charge in [0.2, 0.25) is 0 Å². The summed E-state index contributed by atoms with van der Waals surface area (Å²) in [6.07, 6.45) is 3.49. The summed E-state index contributed by atoms with van der Waals surface area (Å²) in [5.41, 5.74) is 2.43. The molecule has 0 spiro atoms. The highest BCUT2D eigenvalue weighted by atomic mass is 35.5. The number of halogens is 1. The summed E-state index contributed by atoms with van der Waals surface area (Å²) < 4.78 is 3.23. The first-order valence-corrected chi connectivity index (χ1v) is 5.29. The summed E-state index contributed by atoms with van der Waals surface area (Å²) >= 11 is 5.62. The molecule has 2 heterocycles. The molecular weight excluding hydrogens is 214 g/mol. The zero-order chi connectivity index (χ0) is 11.0. The van der Waals surface area contributed by atoms with Crippen molar-refractivity contribution in [1.29, 1.82) is 0 Å². The molecule has 0 amide bonds. The van der Waals surface area contributed by atoms with Crippen molar-refractivity contribution in [2.24, 2.45) is 0 Å². The lowest BCUT2D eigenvalue weighted by atomic mass is 10.2. The lowest BCUT2D eigenvalue weighted by Crippen LogP contribution is -2.22. The Labute approximate surface area is 92.1 Å². The molecular formula is C10H12ClN3O. The zero-order valence-corrected chi connectivity index (χ0v) is 9.45. The maximum absolute atomic E-state index is 12.0. The minimum absolute atomic E-state index is 0.0312. The van der Waals surface area contributed by atoms with Crippen LogP contribution in [0, 0.1) is 13.8 Å². The molecule has 2 rings (SSSR count). The summed E-state index contributed by atoms with van der Waals surface area (Å²) in [7, 11) is 0. The Kier molecular flexibility index (Phi) is 2.52. The highest BCUT2D eigenvalue weighted by Gasteiger charge is 2.09. The second-order valence-corrected chi connectivity index (χ2v) is 3.87. The molecule has 15 heavy (non-hydrogen) atoms. The van der Waals surface area contributed by atoms with Gasteiger partial charge < -0.3 is 4.57 Å². The van der Waals surface area contributed by atoms with E-state index in [4.69, 9.17) is 11.6 Å². The number of alkyl halides is 1. The minimum atomic E-state index is -0.0312. The van der Waals surface area contributed by atoms with Crippen LogP contribution in [0.1, 0.15) is 11.3 Å². The van der Waals surface area contributed by atoms with Crippen molar-refractivity contribution < 1.29 is 0 Å². The molecule has 0 aliphatic heterocycles. The van der Waals surface area contributed by atoms with Gasteiger partial charge in [0.15, 0.2) is 0 Å². The fourth-order valence-corrected chi connectivity index (χ4v) is 1.79. The van der Waals surface area contributed by atoms with Crippen LogP contribution in [-0.4, -0.2) is 20.1 Å². The Balaban J connectivity index is 2.77. The maximum Gasteiger partial charge on any atom is 0.276 e. The molecule has 0 aliphatic carbocycles. The number of hydrogen-bond acceptors (Lipinski definition) is 2. The van der Waals surface area contributed by atoms with Crippen LogP contribution in [0.2, 0.25) is 0 Å². The van der Waals surface area contributed by atoms with E-state index in [1.807, 2.05) is 13.8 Å². The first-order valence-electron chi connectivity index (χ1n) is 4.76. The number of nitrogens with zero attached hydrogens (tertiary/aromatic N) is 3. The number of fused-ring (bicyclic) bond motifs is 1. The van der Waals surface area contributed by atoms with Crippen molar-refractivity contribution in [3.05, 3.63) is 34.0 Å². The molecule has 0 aromatic carbocycles. The smallest absolute Gasteiger partial charge is 0.276 e. The van der Waals surface area contributed by atoms with Crippen LogP contribution in [0.3, 0.4) is 0 Å². The molecule has 4 nitrogen and oxygen atoms in total. The first kappa shape index (κ1) is 10.2. The van der Waals surface area contributed by atoms with E-state index in [1.165, 1.54) is 0 Å². The van der Waals surface area contributed by atoms with Crippen LogP contribution in [0.25, 0.3) is 5.52 Å². The Morgan fingerprint density at radius 3 is 2.80 bits per heavy atom. The van der Waals surface area contributed by atoms with Crippen molar-refractivity contribution in [2.45, 2.75) is 20.4 Å². The van der Waals surface area contributed by atoms with Gasteiger partial charge in [-0.1, -0.05) is 0 Å². The quantitative estimate of drug-likeness (QED) is 0.724. The van der Waals surface area contributed by atoms with E-state index in [0.29, 0.717) is 17.9 Å². The summed E-state index contributed by atoms with van der Waals surface area (Å²) in [6.45, 7) is 4.33. The molecule has 80 valence electrons. The fourth-order valence-electron chi connectivity index (χ4n) is 1.61. The number of aryl methyl sites for hydroxylation is 3. The van der Waals surface area contributed by atoms with Crippen LogP contribution >= 0.6 is 11.6 Å². The highest BCUT2D eigenvalue weighted by Crippen LogP contribution is 2.09. The van der Waals surface area contributed by atoms with Crippen LogP contribution in [0.4, 0.5) is 0 Å². The summed E-state index contributed by atoms with van der Waals surface area (Å²) in [4.78, 5) is 12.0. The van der Waals surface area contributed by atoms with Gasteiger partial charge in [-0.05, 0) is 13.8 Å². The SMILES string of the molecule is Cc1nn2ccn(CCCl)c(=O)c2c1C. The van der Waals surface area contributed by atoms with Crippen molar-refractivity contribution in [1.82, 2.24) is 14.2 Å². The van der Waals surface area contributed by atoms with Gasteiger partial charge in [0.25, 0.3) is 5.56 Å². The van der Waals surface area contributed by atoms with Gasteiger partial charge in [0.05, 0.1) is 5.69 Å². The topological polar surface area (TPSA) is 39.3 Å². The first-order chi connectivity index (χ1) is 7.15. The normalized spacial score (nSPS) is 11.1. The van der Waals surface area contributed by atoms with E-state index in [2.05, 4.69) is 5.10 Å². The molecule has 2 aromatic rings. The molecule has 0 N–H and O–H groups in total. The number of hydrogen-bond donors (Lipinski definition) is 0. The van der Waals surface area contributed by atoms with Gasteiger partial charge >= 0.3 is 0 Å². The van der Waals surface area contributed by atoms with Crippen LogP contribution in [0.15, 0.2) is 17.2 Å². The molecule has 2 aromatic heterocycles. The highest BCUT2D eigenvalue weighted by molar-refractivity contribution is 6.17. The van der Waals surface area contributed by atoms with Gasteiger partial charge in [0, 0.05) is 30.4 Å². The van der Waals surface area contributed by atoms with Crippen LogP contribution in [0.5, 0.6) is 0 Å². The number of rotatable bonds is 2. The van der Waals surface area contributed by atoms with Crippen molar-refractivity contribution in [3.8, 4) is 0 Å². The van der Waals surface area contributed by atoms with Gasteiger partial charge in [-0.25, -0.2) is 4.52 Å². The summed E-state index contributed by atoms with van der Waals surface area (Å²) in [6, 6.07) is 0. The average Bonchev–Trinajstić information content (AvgIpc) is 2.49. The number of aromatic nitrogens is 3. The predicted octanol–water partition coefficient (Wildman–Crippen LogP) is 1.35. The molecule has 0 aliphatic rings. The minimum Gasteiger partial charge on any atom is -0.311 e. The molecule has 0 bridgehead atoms. The van der Waals surface area contributed by atoms with Gasteiger partial charge in [0.1, 0.15) is 5.52 Å². The van der Waals surface area contributed by atoms with E-state index in [-0.39, 0.29) is 5.56 Å². The third-order valence-electron chi connectivity index (χ3n) is 2.56. The molecule has 0 fully saturated rings.